The summed E-state index contributed by atoms with van der Waals surface area (Å²) in [5, 5.41) is 15.7. The van der Waals surface area contributed by atoms with Crippen molar-refractivity contribution in [2.75, 3.05) is 47.6 Å². The van der Waals surface area contributed by atoms with Crippen LogP contribution < -0.4 is 21.3 Å². The molecule has 0 unspecified atom stereocenters. The monoisotopic (exact) mass is 922 g/mol. The molecule has 0 radical (unpaired) electrons. The first-order chi connectivity index (χ1) is 34.2. The number of nitrogens with zero attached hydrogens (tertiary/aromatic N) is 6. The van der Waals surface area contributed by atoms with E-state index in [1.54, 1.807) is 85.1 Å². The third-order valence-electron chi connectivity index (χ3n) is 12.5. The molecule has 1 aliphatic rings. The van der Waals surface area contributed by atoms with Crippen LogP contribution in [0.2, 0.25) is 0 Å². The lowest BCUT2D eigenvalue weighted by molar-refractivity contribution is 0.0201. The highest BCUT2D eigenvalue weighted by Crippen LogP contribution is 2.30. The Morgan fingerprint density at radius 2 is 0.771 bits per heavy atom. The van der Waals surface area contributed by atoms with Crippen molar-refractivity contribution in [3.8, 4) is 0 Å². The number of fused-ring (bicyclic) bond motifs is 5. The number of aromatic nitrogens is 5. The number of carbonyl (C=O) groups is 4. The van der Waals surface area contributed by atoms with Crippen LogP contribution in [0.4, 0.5) is 22.7 Å². The van der Waals surface area contributed by atoms with Gasteiger partial charge < -0.3 is 26.0 Å². The third kappa shape index (κ3) is 8.57. The molecule has 15 nitrogen and oxygen atoms in total. The zero-order valence-corrected chi connectivity index (χ0v) is 37.6. The molecule has 10 aromatic rings. The Morgan fingerprint density at radius 1 is 0.429 bits per heavy atom. The van der Waals surface area contributed by atoms with E-state index in [9.17, 15) is 19.2 Å². The minimum atomic E-state index is -0.526. The summed E-state index contributed by atoms with van der Waals surface area (Å²) in [6.45, 7) is 5.13. The highest BCUT2D eigenvalue weighted by molar-refractivity contribution is 6.13. The predicted molar refractivity (Wildman–Crippen MR) is 271 cm³/mol. The van der Waals surface area contributed by atoms with Crippen molar-refractivity contribution in [1.82, 2.24) is 29.8 Å². The van der Waals surface area contributed by atoms with Crippen LogP contribution in [-0.4, -0.2) is 79.8 Å². The first kappa shape index (κ1) is 43.5. The summed E-state index contributed by atoms with van der Waals surface area (Å²) in [4.78, 5) is 80.9. The molecular weight excluding hydrogens is 881 g/mol. The lowest BCUT2D eigenvalue weighted by Gasteiger charge is -2.32. The third-order valence-corrected chi connectivity index (χ3v) is 12.5. The summed E-state index contributed by atoms with van der Waals surface area (Å²) in [5.41, 5.74) is 5.91. The molecule has 0 aliphatic carbocycles. The molecule has 0 saturated carbocycles. The quantitative estimate of drug-likeness (QED) is 0.102. The van der Waals surface area contributed by atoms with Gasteiger partial charge in [-0.25, -0.2) is 19.9 Å². The molecular formula is C55H42N10O5. The maximum Gasteiger partial charge on any atom is 0.274 e. The Kier molecular flexibility index (Phi) is 11.5. The molecule has 6 heterocycles. The smallest absolute Gasteiger partial charge is 0.274 e. The number of benzene rings is 5. The zero-order chi connectivity index (χ0) is 47.7. The van der Waals surface area contributed by atoms with Crippen molar-refractivity contribution in [3.63, 3.8) is 0 Å². The van der Waals surface area contributed by atoms with E-state index < -0.39 is 23.6 Å². The molecule has 342 valence electrons. The zero-order valence-electron chi connectivity index (χ0n) is 37.6. The molecule has 4 N–H and O–H groups in total. The number of pyridine rings is 5. The van der Waals surface area contributed by atoms with Crippen molar-refractivity contribution in [2.24, 2.45) is 0 Å². The van der Waals surface area contributed by atoms with Crippen molar-refractivity contribution < 1.29 is 23.9 Å². The van der Waals surface area contributed by atoms with E-state index in [0.29, 0.717) is 74.2 Å². The van der Waals surface area contributed by atoms with Crippen LogP contribution in [0, 0.1) is 0 Å². The lowest BCUT2D eigenvalue weighted by atomic mass is 10.0. The topological polar surface area (TPSA) is 193 Å². The van der Waals surface area contributed by atoms with Gasteiger partial charge in [0, 0.05) is 52.3 Å². The average Bonchev–Trinajstić information content (AvgIpc) is 3.40. The van der Waals surface area contributed by atoms with Gasteiger partial charge in [0.1, 0.15) is 22.8 Å². The highest BCUT2D eigenvalue weighted by Gasteiger charge is 2.23. The number of rotatable bonds is 10. The number of hydrogen-bond donors (Lipinski definition) is 4. The second kappa shape index (κ2) is 18.6. The molecule has 1 saturated heterocycles. The fraction of sp³-hybridized carbons (Fsp3) is 0.109. The standard InChI is InChI=1S/C55H42N10O5/c1-32(65-28-30-70-31-29-65)38-14-2-8-34-19-23-43(57-47(34)38)52(66)62-40-16-4-10-36-21-25-45(59-49(36)40)54(68)64-42-18-6-12-37-22-26-46(60-51(37)42)55(69)63-41-17-5-11-35-20-24-44(58-50(35)41)53(67)61-39-15-3-9-33-13-7-27-56-48(33)39/h2-27,32H,28-31H2,1H3,(H,61,67)(H,62,66)(H,63,69)(H,64,68)/t32-/m1/s1. The van der Waals surface area contributed by atoms with Crippen molar-refractivity contribution >= 4 is 101 Å². The van der Waals surface area contributed by atoms with E-state index in [-0.39, 0.29) is 28.8 Å². The Labute approximate surface area is 400 Å². The summed E-state index contributed by atoms with van der Waals surface area (Å²) >= 11 is 0. The van der Waals surface area contributed by atoms with Gasteiger partial charge in [-0.1, -0.05) is 97.1 Å². The van der Waals surface area contributed by atoms with Gasteiger partial charge in [0.2, 0.25) is 0 Å². The first-order valence-electron chi connectivity index (χ1n) is 22.7. The van der Waals surface area contributed by atoms with Gasteiger partial charge in [0.15, 0.2) is 0 Å². The van der Waals surface area contributed by atoms with Crippen LogP contribution in [0.25, 0.3) is 54.5 Å². The highest BCUT2D eigenvalue weighted by atomic mass is 16.5. The molecule has 0 bridgehead atoms. The normalized spacial score (nSPS) is 13.3. The van der Waals surface area contributed by atoms with Gasteiger partial charge in [-0.15, -0.1) is 0 Å². The van der Waals surface area contributed by atoms with E-state index in [0.717, 1.165) is 34.9 Å². The second-order valence-electron chi connectivity index (χ2n) is 16.9. The lowest BCUT2D eigenvalue weighted by Crippen LogP contribution is -2.38. The fourth-order valence-corrected chi connectivity index (χ4v) is 8.87. The number of para-hydroxylation sites is 5. The molecule has 15 heteroatoms. The van der Waals surface area contributed by atoms with Crippen molar-refractivity contribution in [3.05, 3.63) is 186 Å². The predicted octanol–water partition coefficient (Wildman–Crippen LogP) is 9.83. The maximum absolute atomic E-state index is 14.0. The maximum atomic E-state index is 14.0. The fourth-order valence-electron chi connectivity index (χ4n) is 8.87. The molecule has 1 aliphatic heterocycles. The van der Waals surface area contributed by atoms with Crippen molar-refractivity contribution in [1.29, 1.82) is 0 Å². The Hall–Kier alpha value is -9.05. The number of hydrogen-bond acceptors (Lipinski definition) is 11. The minimum absolute atomic E-state index is 0.0779. The molecule has 0 spiro atoms. The summed E-state index contributed by atoms with van der Waals surface area (Å²) in [7, 11) is 0. The van der Waals surface area contributed by atoms with Gasteiger partial charge in [-0.2, -0.15) is 0 Å². The molecule has 5 aromatic carbocycles. The molecule has 5 aromatic heterocycles. The summed E-state index contributed by atoms with van der Waals surface area (Å²) in [6.07, 6.45) is 1.67. The van der Waals surface area contributed by atoms with Gasteiger partial charge >= 0.3 is 0 Å². The summed E-state index contributed by atoms with van der Waals surface area (Å²) < 4.78 is 5.57. The molecule has 11 rings (SSSR count). The minimum Gasteiger partial charge on any atom is -0.379 e. The molecule has 4 amide bonds. The van der Waals surface area contributed by atoms with Crippen LogP contribution >= 0.6 is 0 Å². The van der Waals surface area contributed by atoms with E-state index in [1.807, 2.05) is 66.7 Å². The number of nitrogens with one attached hydrogen (secondary N) is 4. The van der Waals surface area contributed by atoms with Crippen LogP contribution in [0.1, 0.15) is 60.5 Å². The van der Waals surface area contributed by atoms with Crippen LogP contribution in [0.15, 0.2) is 158 Å². The van der Waals surface area contributed by atoms with E-state index in [4.69, 9.17) is 19.7 Å². The Bertz CT molecular complexity index is 3740. The summed E-state index contributed by atoms with van der Waals surface area (Å²) in [5.74, 6) is -1.90. The molecule has 70 heavy (non-hydrogen) atoms. The van der Waals surface area contributed by atoms with Crippen LogP contribution in [0.3, 0.4) is 0 Å². The Morgan fingerprint density at radius 3 is 1.20 bits per heavy atom. The molecule has 1 atom stereocenters. The van der Waals surface area contributed by atoms with Gasteiger partial charge in [-0.3, -0.25) is 29.1 Å². The number of morpholine rings is 1. The van der Waals surface area contributed by atoms with Gasteiger partial charge in [0.25, 0.3) is 23.6 Å². The van der Waals surface area contributed by atoms with Gasteiger partial charge in [-0.05, 0) is 67.1 Å². The first-order valence-corrected chi connectivity index (χ1v) is 22.7. The van der Waals surface area contributed by atoms with E-state index in [2.05, 4.69) is 49.1 Å². The van der Waals surface area contributed by atoms with E-state index in [1.165, 1.54) is 0 Å². The number of amides is 4. The Balaban J connectivity index is 0.817. The largest absolute Gasteiger partial charge is 0.379 e. The van der Waals surface area contributed by atoms with E-state index >= 15 is 0 Å². The second-order valence-corrected chi connectivity index (χ2v) is 16.9. The summed E-state index contributed by atoms with van der Waals surface area (Å²) in [6, 6.07) is 45.2. The molecule has 1 fully saturated rings. The van der Waals surface area contributed by atoms with Crippen LogP contribution in [0.5, 0.6) is 0 Å². The average molecular weight is 923 g/mol. The van der Waals surface area contributed by atoms with Crippen molar-refractivity contribution in [2.45, 2.75) is 13.0 Å². The number of ether oxygens (including phenoxy) is 1. The van der Waals surface area contributed by atoms with Gasteiger partial charge in [0.05, 0.1) is 63.5 Å². The number of anilines is 4. The van der Waals surface area contributed by atoms with Crippen LogP contribution in [-0.2, 0) is 4.74 Å². The number of carbonyl (C=O) groups excluding carboxylic acids is 4. The SMILES string of the molecule is C[C@H](c1cccc2ccc(C(=O)Nc3cccc4ccc(C(=O)Nc5cccc6ccc(C(=O)Nc7cccc8ccc(C(=O)Nc9cccc%10cccnc9%10)nc78)nc56)nc34)nc12)N1CCOCC1.